The molecule has 0 aliphatic carbocycles. The molecule has 130 valence electrons. The van der Waals surface area contributed by atoms with Crippen LogP contribution in [0.25, 0.3) is 10.8 Å². The zero-order valence-electron chi connectivity index (χ0n) is 13.6. The number of fused-ring (bicyclic) bond motifs is 1. The number of ether oxygens (including phenoxy) is 1. The number of rotatable bonds is 4. The molecule has 0 aliphatic rings. The Labute approximate surface area is 146 Å². The van der Waals surface area contributed by atoms with Gasteiger partial charge in [0.15, 0.2) is 0 Å². The van der Waals surface area contributed by atoms with E-state index < -0.39 is 17.7 Å². The van der Waals surface area contributed by atoms with Crippen molar-refractivity contribution >= 4 is 28.5 Å². The molecular weight excluding hydrogens is 360 g/mol. The predicted octanol–water partition coefficient (Wildman–Crippen LogP) is 3.32. The zero-order chi connectivity index (χ0) is 18.2. The first-order valence-corrected chi connectivity index (χ1v) is 10.9. The Balaban J connectivity index is 2.28. The van der Waals surface area contributed by atoms with Crippen LogP contribution in [0.15, 0.2) is 70.5 Å². The molecule has 0 aliphatic heterocycles. The normalized spacial score (nSPS) is 12.2. The molecule has 0 atom stereocenters. The van der Waals surface area contributed by atoms with Crippen LogP contribution in [-0.2, 0) is 17.7 Å². The summed E-state index contributed by atoms with van der Waals surface area (Å²) in [4.78, 5) is -0.512. The Morgan fingerprint density at radius 1 is 0.720 bits per heavy atom. The molecule has 0 heterocycles. The molecule has 0 unspecified atom stereocenters. The Morgan fingerprint density at radius 3 is 1.92 bits per heavy atom. The molecule has 0 saturated heterocycles. The van der Waals surface area contributed by atoms with Gasteiger partial charge in [-0.3, -0.25) is 0 Å². The van der Waals surface area contributed by atoms with E-state index in [2.05, 4.69) is 0 Å². The van der Waals surface area contributed by atoms with E-state index >= 15 is 0 Å². The minimum Gasteiger partial charge on any atom is -0.496 e. The van der Waals surface area contributed by atoms with E-state index in [0.717, 1.165) is 5.56 Å². The highest BCUT2D eigenvalue weighted by molar-refractivity contribution is 8.67. The zero-order valence-corrected chi connectivity index (χ0v) is 15.3. The highest BCUT2D eigenvalue weighted by Gasteiger charge is 2.35. The highest BCUT2D eigenvalue weighted by Crippen LogP contribution is 2.34. The standard InChI is InChI=1S/C18H16O5S2/c1-13-7-9-14(10-8-13)24(19,20)25(21,22)18-12-11-17(23-2)15-5-3-4-6-16(15)18/h3-12H,1-2H3. The summed E-state index contributed by atoms with van der Waals surface area (Å²) in [5.41, 5.74) is 0.839. The van der Waals surface area contributed by atoms with Gasteiger partial charge >= 0.3 is 0 Å². The van der Waals surface area contributed by atoms with Gasteiger partial charge in [0.1, 0.15) is 5.75 Å². The van der Waals surface area contributed by atoms with Crippen molar-refractivity contribution in [3.8, 4) is 5.75 Å². The van der Waals surface area contributed by atoms with E-state index in [0.29, 0.717) is 16.5 Å². The van der Waals surface area contributed by atoms with E-state index in [1.807, 2.05) is 0 Å². The van der Waals surface area contributed by atoms with Crippen LogP contribution >= 0.6 is 0 Å². The van der Waals surface area contributed by atoms with Gasteiger partial charge in [0, 0.05) is 10.8 Å². The Hall–Kier alpha value is -2.38. The third-order valence-electron chi connectivity index (χ3n) is 3.93. The van der Waals surface area contributed by atoms with Gasteiger partial charge < -0.3 is 4.74 Å². The van der Waals surface area contributed by atoms with Crippen LogP contribution in [-0.4, -0.2) is 23.9 Å². The molecule has 5 nitrogen and oxygen atoms in total. The third-order valence-corrected chi connectivity index (χ3v) is 9.10. The maximum absolute atomic E-state index is 12.9. The van der Waals surface area contributed by atoms with Crippen molar-refractivity contribution in [2.24, 2.45) is 0 Å². The Kier molecular flexibility index (Phi) is 4.30. The first kappa shape index (κ1) is 17.4. The fraction of sp³-hybridized carbons (Fsp3) is 0.111. The van der Waals surface area contributed by atoms with Gasteiger partial charge in [-0.15, -0.1) is 0 Å². The monoisotopic (exact) mass is 376 g/mol. The highest BCUT2D eigenvalue weighted by atomic mass is 33.2. The van der Waals surface area contributed by atoms with E-state index in [9.17, 15) is 16.8 Å². The van der Waals surface area contributed by atoms with Crippen molar-refractivity contribution < 1.29 is 21.6 Å². The molecule has 0 fully saturated rings. The summed E-state index contributed by atoms with van der Waals surface area (Å²) in [6, 6.07) is 15.1. The van der Waals surface area contributed by atoms with Gasteiger partial charge in [0.2, 0.25) is 0 Å². The number of aryl methyl sites for hydroxylation is 1. The predicted molar refractivity (Wildman–Crippen MR) is 96.1 cm³/mol. The first-order valence-electron chi connectivity index (χ1n) is 7.41. The second-order valence-electron chi connectivity index (χ2n) is 5.53. The minimum absolute atomic E-state index is 0.252. The molecule has 0 N–H and O–H groups in total. The van der Waals surface area contributed by atoms with Crippen LogP contribution in [0.1, 0.15) is 5.56 Å². The molecule has 0 amide bonds. The average molecular weight is 376 g/mol. The van der Waals surface area contributed by atoms with Gasteiger partial charge in [0.05, 0.1) is 16.9 Å². The summed E-state index contributed by atoms with van der Waals surface area (Å²) in [5.74, 6) is 0.474. The van der Waals surface area contributed by atoms with E-state index in [1.165, 1.54) is 31.4 Å². The molecule has 0 bridgehead atoms. The van der Waals surface area contributed by atoms with E-state index in [-0.39, 0.29) is 9.79 Å². The molecule has 0 saturated carbocycles. The second kappa shape index (κ2) is 6.16. The number of methoxy groups -OCH3 is 1. The van der Waals surface area contributed by atoms with Crippen LogP contribution in [0.5, 0.6) is 5.75 Å². The third kappa shape index (κ3) is 2.79. The van der Waals surface area contributed by atoms with Crippen molar-refractivity contribution in [3.05, 3.63) is 66.2 Å². The maximum atomic E-state index is 12.9. The van der Waals surface area contributed by atoms with Gasteiger partial charge in [-0.1, -0.05) is 42.0 Å². The fourth-order valence-electron chi connectivity index (χ4n) is 2.59. The van der Waals surface area contributed by atoms with Gasteiger partial charge in [-0.25, -0.2) is 16.8 Å². The van der Waals surface area contributed by atoms with Crippen LogP contribution in [0.2, 0.25) is 0 Å². The van der Waals surface area contributed by atoms with Gasteiger partial charge in [-0.2, -0.15) is 0 Å². The number of hydrogen-bond donors (Lipinski definition) is 0. The van der Waals surface area contributed by atoms with Crippen molar-refractivity contribution in [2.45, 2.75) is 16.7 Å². The SMILES string of the molecule is COc1ccc(S(=O)(=O)S(=O)(=O)c2ccc(C)cc2)c2ccccc12. The lowest BCUT2D eigenvalue weighted by Gasteiger charge is -2.12. The summed E-state index contributed by atoms with van der Waals surface area (Å²) in [6.45, 7) is 1.79. The molecule has 25 heavy (non-hydrogen) atoms. The quantitative estimate of drug-likeness (QED) is 0.653. The lowest BCUT2D eigenvalue weighted by molar-refractivity contribution is 0.419. The van der Waals surface area contributed by atoms with Crippen LogP contribution in [0.4, 0.5) is 0 Å². The molecule has 7 heteroatoms. The van der Waals surface area contributed by atoms with Crippen LogP contribution < -0.4 is 4.74 Å². The maximum Gasteiger partial charge on any atom is 0.287 e. The topological polar surface area (TPSA) is 77.5 Å². The Morgan fingerprint density at radius 2 is 1.32 bits per heavy atom. The molecule has 3 rings (SSSR count). The summed E-state index contributed by atoms with van der Waals surface area (Å²) < 4.78 is 56.6. The van der Waals surface area contributed by atoms with Crippen molar-refractivity contribution in [2.75, 3.05) is 7.11 Å². The van der Waals surface area contributed by atoms with Crippen molar-refractivity contribution in [1.29, 1.82) is 0 Å². The lowest BCUT2D eigenvalue weighted by atomic mass is 10.1. The van der Waals surface area contributed by atoms with Gasteiger partial charge in [0.25, 0.3) is 17.7 Å². The number of benzene rings is 3. The lowest BCUT2D eigenvalue weighted by Crippen LogP contribution is -2.16. The van der Waals surface area contributed by atoms with Crippen molar-refractivity contribution in [1.82, 2.24) is 0 Å². The fourth-order valence-corrected chi connectivity index (χ4v) is 6.47. The second-order valence-corrected chi connectivity index (χ2v) is 10.9. The van der Waals surface area contributed by atoms with Crippen LogP contribution in [0, 0.1) is 6.92 Å². The smallest absolute Gasteiger partial charge is 0.287 e. The Bertz CT molecular complexity index is 1150. The summed E-state index contributed by atoms with van der Waals surface area (Å²) >= 11 is 0. The van der Waals surface area contributed by atoms with E-state index in [4.69, 9.17) is 4.74 Å². The molecule has 0 aromatic heterocycles. The van der Waals surface area contributed by atoms with Gasteiger partial charge in [-0.05, 0) is 31.2 Å². The molecule has 0 spiro atoms. The average Bonchev–Trinajstić information content (AvgIpc) is 2.60. The number of hydrogen-bond acceptors (Lipinski definition) is 5. The summed E-state index contributed by atoms with van der Waals surface area (Å²) in [5, 5.41) is 0.836. The van der Waals surface area contributed by atoms with Crippen LogP contribution in [0.3, 0.4) is 0 Å². The van der Waals surface area contributed by atoms with E-state index in [1.54, 1.807) is 43.3 Å². The summed E-state index contributed by atoms with van der Waals surface area (Å²) in [7, 11) is -7.76. The molecule has 3 aromatic rings. The molecule has 0 radical (unpaired) electrons. The first-order chi connectivity index (χ1) is 11.8. The summed E-state index contributed by atoms with van der Waals surface area (Å²) in [6.07, 6.45) is 0. The van der Waals surface area contributed by atoms with Crippen molar-refractivity contribution in [3.63, 3.8) is 0 Å². The largest absolute Gasteiger partial charge is 0.496 e. The molecule has 3 aromatic carbocycles. The minimum atomic E-state index is -4.64. The molecular formula is C18H16O5S2.